The van der Waals surface area contributed by atoms with Gasteiger partial charge in [-0.05, 0) is 36.8 Å². The number of carbonyl (C=O) groups is 2. The first kappa shape index (κ1) is 18.1. The summed E-state index contributed by atoms with van der Waals surface area (Å²) in [5, 5.41) is 6.20. The van der Waals surface area contributed by atoms with Crippen LogP contribution in [0.4, 0.5) is 10.8 Å². The lowest BCUT2D eigenvalue weighted by Gasteiger charge is -2.06. The summed E-state index contributed by atoms with van der Waals surface area (Å²) in [5.41, 5.74) is 4.36. The molecule has 7 nitrogen and oxygen atoms in total. The Hall–Kier alpha value is -3.26. The monoisotopic (exact) mass is 393 g/mol. The molecule has 2 amide bonds. The number of rotatable bonds is 5. The second-order valence-corrected chi connectivity index (χ2v) is 7.62. The summed E-state index contributed by atoms with van der Waals surface area (Å²) < 4.78 is 0.913. The molecule has 4 aromatic rings. The van der Waals surface area contributed by atoms with Gasteiger partial charge in [0.1, 0.15) is 5.82 Å². The Morgan fingerprint density at radius 1 is 1.14 bits per heavy atom. The normalized spacial score (nSPS) is 11.1. The van der Waals surface area contributed by atoms with Gasteiger partial charge < -0.3 is 15.6 Å². The van der Waals surface area contributed by atoms with E-state index in [1.165, 1.54) is 18.3 Å². The summed E-state index contributed by atoms with van der Waals surface area (Å²) >= 11 is 1.38. The lowest BCUT2D eigenvalue weighted by atomic mass is 10.2. The van der Waals surface area contributed by atoms with E-state index in [2.05, 4.69) is 25.6 Å². The minimum atomic E-state index is -0.157. The minimum Gasteiger partial charge on any atom is -0.342 e. The van der Waals surface area contributed by atoms with Crippen LogP contribution in [0.5, 0.6) is 0 Å². The number of H-pyrrole nitrogens is 1. The number of carbonyl (C=O) groups excluding carboxylic acids is 2. The Bertz CT molecular complexity index is 1160. The number of hydrogen-bond donors (Lipinski definition) is 3. The first-order valence-electron chi connectivity index (χ1n) is 8.90. The van der Waals surface area contributed by atoms with Crippen molar-refractivity contribution in [3.8, 4) is 0 Å². The van der Waals surface area contributed by atoms with Crippen LogP contribution < -0.4 is 10.6 Å². The van der Waals surface area contributed by atoms with Crippen LogP contribution in [0.3, 0.4) is 0 Å². The molecule has 8 heteroatoms. The smallest absolute Gasteiger partial charge is 0.224 e. The van der Waals surface area contributed by atoms with Crippen molar-refractivity contribution in [1.29, 1.82) is 0 Å². The first-order valence-corrected chi connectivity index (χ1v) is 9.72. The number of amides is 2. The molecule has 2 aromatic heterocycles. The number of thiazole rings is 1. The van der Waals surface area contributed by atoms with E-state index in [4.69, 9.17) is 0 Å². The quantitative estimate of drug-likeness (QED) is 0.477. The Morgan fingerprint density at radius 3 is 2.75 bits per heavy atom. The van der Waals surface area contributed by atoms with E-state index in [1.807, 2.05) is 43.3 Å². The number of imidazole rings is 1. The van der Waals surface area contributed by atoms with Crippen molar-refractivity contribution in [2.75, 3.05) is 10.6 Å². The average molecular weight is 393 g/mol. The van der Waals surface area contributed by atoms with Crippen LogP contribution in [0, 0.1) is 6.92 Å². The van der Waals surface area contributed by atoms with Gasteiger partial charge in [-0.25, -0.2) is 9.97 Å². The molecular formula is C20H19N5O2S. The molecule has 0 bridgehead atoms. The topological polar surface area (TPSA) is 99.8 Å². The van der Waals surface area contributed by atoms with Crippen LogP contribution in [0.1, 0.15) is 24.7 Å². The number of fused-ring (bicyclic) bond motifs is 2. The maximum absolute atomic E-state index is 12.4. The van der Waals surface area contributed by atoms with Gasteiger partial charge in [0, 0.05) is 25.5 Å². The Labute approximate surface area is 165 Å². The van der Waals surface area contributed by atoms with Crippen molar-refractivity contribution < 1.29 is 9.59 Å². The Morgan fingerprint density at radius 2 is 1.96 bits per heavy atom. The summed E-state index contributed by atoms with van der Waals surface area (Å²) in [6, 6.07) is 11.6. The Kier molecular flexibility index (Phi) is 4.79. The highest BCUT2D eigenvalue weighted by Gasteiger charge is 2.11. The summed E-state index contributed by atoms with van der Waals surface area (Å²) in [4.78, 5) is 35.8. The fourth-order valence-electron chi connectivity index (χ4n) is 3.05. The molecule has 2 aromatic carbocycles. The van der Waals surface area contributed by atoms with Crippen LogP contribution >= 0.6 is 11.3 Å². The van der Waals surface area contributed by atoms with E-state index >= 15 is 0 Å². The second-order valence-electron chi connectivity index (χ2n) is 6.59. The highest BCUT2D eigenvalue weighted by atomic mass is 32.1. The summed E-state index contributed by atoms with van der Waals surface area (Å²) in [7, 11) is 0. The maximum Gasteiger partial charge on any atom is 0.224 e. The molecule has 0 fully saturated rings. The number of benzene rings is 2. The SMILES string of the molecule is CC(=O)Nc1nc2c(C)cc(NC(=O)CCc3nc4ccccc4[nH]3)cc2s1. The number of anilines is 2. The first-order chi connectivity index (χ1) is 13.5. The van der Waals surface area contributed by atoms with Crippen molar-refractivity contribution in [2.24, 2.45) is 0 Å². The predicted octanol–water partition coefficient (Wildman–Crippen LogP) is 4.01. The largest absolute Gasteiger partial charge is 0.342 e. The standard InChI is InChI=1S/C20H19N5O2S/c1-11-9-13(10-16-19(11)25-20(28-16)21-12(2)26)22-18(27)8-7-17-23-14-5-3-4-6-15(14)24-17/h3-6,9-10H,7-8H2,1-2H3,(H,22,27)(H,23,24)(H,21,25,26). The number of aromatic nitrogens is 3. The van der Waals surface area contributed by atoms with Gasteiger partial charge in [0.05, 0.1) is 21.3 Å². The number of nitrogens with one attached hydrogen (secondary N) is 3. The van der Waals surface area contributed by atoms with Gasteiger partial charge in [-0.1, -0.05) is 23.5 Å². The fourth-order valence-corrected chi connectivity index (χ4v) is 4.08. The van der Waals surface area contributed by atoms with Crippen molar-refractivity contribution in [3.05, 3.63) is 47.8 Å². The summed E-state index contributed by atoms with van der Waals surface area (Å²) in [6.45, 7) is 3.39. The molecule has 0 aliphatic carbocycles. The van der Waals surface area contributed by atoms with Gasteiger partial charge in [0.15, 0.2) is 5.13 Å². The van der Waals surface area contributed by atoms with Crippen LogP contribution in [0.25, 0.3) is 21.3 Å². The summed E-state index contributed by atoms with van der Waals surface area (Å²) in [5.74, 6) is 0.562. The Balaban J connectivity index is 1.44. The van der Waals surface area contributed by atoms with Crippen molar-refractivity contribution >= 4 is 55.2 Å². The van der Waals surface area contributed by atoms with Gasteiger partial charge in [-0.3, -0.25) is 9.59 Å². The molecule has 0 atom stereocenters. The fraction of sp³-hybridized carbons (Fsp3) is 0.200. The number of nitrogens with zero attached hydrogens (tertiary/aromatic N) is 2. The number of para-hydroxylation sites is 2. The molecule has 4 rings (SSSR count). The van der Waals surface area contributed by atoms with E-state index in [-0.39, 0.29) is 11.8 Å². The number of hydrogen-bond acceptors (Lipinski definition) is 5. The molecule has 0 saturated heterocycles. The molecule has 0 aliphatic heterocycles. The maximum atomic E-state index is 12.4. The summed E-state index contributed by atoms with van der Waals surface area (Å²) in [6.07, 6.45) is 0.867. The molecule has 3 N–H and O–H groups in total. The predicted molar refractivity (Wildman–Crippen MR) is 112 cm³/mol. The number of aromatic amines is 1. The molecule has 2 heterocycles. The van der Waals surface area contributed by atoms with Crippen LogP contribution in [-0.4, -0.2) is 26.8 Å². The van der Waals surface area contributed by atoms with E-state index in [1.54, 1.807) is 0 Å². The lowest BCUT2D eigenvalue weighted by molar-refractivity contribution is -0.116. The van der Waals surface area contributed by atoms with E-state index in [0.717, 1.165) is 38.3 Å². The zero-order valence-corrected chi connectivity index (χ0v) is 16.3. The molecule has 28 heavy (non-hydrogen) atoms. The third-order valence-corrected chi connectivity index (χ3v) is 5.20. The lowest BCUT2D eigenvalue weighted by Crippen LogP contribution is -2.12. The van der Waals surface area contributed by atoms with Gasteiger partial charge in [-0.15, -0.1) is 0 Å². The minimum absolute atomic E-state index is 0.0780. The zero-order valence-electron chi connectivity index (χ0n) is 15.5. The van der Waals surface area contributed by atoms with Crippen molar-refractivity contribution in [1.82, 2.24) is 15.0 Å². The third kappa shape index (κ3) is 3.86. The van der Waals surface area contributed by atoms with Gasteiger partial charge in [0.2, 0.25) is 11.8 Å². The van der Waals surface area contributed by atoms with Crippen LogP contribution in [0.15, 0.2) is 36.4 Å². The molecule has 0 radical (unpaired) electrons. The van der Waals surface area contributed by atoms with Gasteiger partial charge in [0.25, 0.3) is 0 Å². The van der Waals surface area contributed by atoms with Crippen molar-refractivity contribution in [2.45, 2.75) is 26.7 Å². The number of aryl methyl sites for hydroxylation is 2. The second kappa shape index (κ2) is 7.40. The third-order valence-electron chi connectivity index (χ3n) is 4.28. The van der Waals surface area contributed by atoms with Crippen molar-refractivity contribution in [3.63, 3.8) is 0 Å². The molecule has 0 spiro atoms. The molecular weight excluding hydrogens is 374 g/mol. The van der Waals surface area contributed by atoms with Crippen LogP contribution in [0.2, 0.25) is 0 Å². The van der Waals surface area contributed by atoms with Gasteiger partial charge in [-0.2, -0.15) is 0 Å². The molecule has 142 valence electrons. The van der Waals surface area contributed by atoms with E-state index in [0.29, 0.717) is 18.0 Å². The average Bonchev–Trinajstić information content (AvgIpc) is 3.22. The molecule has 0 unspecified atom stereocenters. The van der Waals surface area contributed by atoms with Gasteiger partial charge >= 0.3 is 0 Å². The van der Waals surface area contributed by atoms with E-state index in [9.17, 15) is 9.59 Å². The zero-order chi connectivity index (χ0) is 19.7. The van der Waals surface area contributed by atoms with Crippen LogP contribution in [-0.2, 0) is 16.0 Å². The highest BCUT2D eigenvalue weighted by molar-refractivity contribution is 7.22. The molecule has 0 aliphatic rings. The van der Waals surface area contributed by atoms with E-state index < -0.39 is 0 Å². The molecule has 0 saturated carbocycles. The highest BCUT2D eigenvalue weighted by Crippen LogP contribution is 2.31.